The van der Waals surface area contributed by atoms with E-state index in [2.05, 4.69) is 0 Å². The predicted molar refractivity (Wildman–Crippen MR) is 163 cm³/mol. The van der Waals surface area contributed by atoms with Gasteiger partial charge < -0.3 is 5.11 Å². The maximum absolute atomic E-state index is 14.9. The minimum atomic E-state index is -1.54. The van der Waals surface area contributed by atoms with E-state index in [-0.39, 0.29) is 34.9 Å². The van der Waals surface area contributed by atoms with Gasteiger partial charge in [-0.2, -0.15) is 0 Å². The molecule has 0 unspecified atom stereocenters. The molecule has 3 aromatic rings. The van der Waals surface area contributed by atoms with E-state index in [0.29, 0.717) is 16.8 Å². The van der Waals surface area contributed by atoms with Gasteiger partial charge in [0.15, 0.2) is 17.3 Å². The van der Waals surface area contributed by atoms with Crippen molar-refractivity contribution < 1.29 is 37.9 Å². The van der Waals surface area contributed by atoms with Gasteiger partial charge in [-0.15, -0.1) is 0 Å². The molecule has 8 nitrogen and oxygen atoms in total. The predicted octanol–water partition coefficient (Wildman–Crippen LogP) is 5.96. The van der Waals surface area contributed by atoms with Gasteiger partial charge in [0.25, 0.3) is 0 Å². The summed E-state index contributed by atoms with van der Waals surface area (Å²) in [6, 6.07) is 13.6. The first kappa shape index (κ1) is 30.0. The van der Waals surface area contributed by atoms with Crippen LogP contribution in [0.1, 0.15) is 48.5 Å². The number of Topliss-reactive ketones (excluding diaryl/α,β-unsaturated/α-hetero) is 1. The van der Waals surface area contributed by atoms with Gasteiger partial charge in [-0.3, -0.25) is 28.9 Å². The van der Waals surface area contributed by atoms with E-state index < -0.39 is 76.0 Å². The van der Waals surface area contributed by atoms with Crippen molar-refractivity contribution in [1.29, 1.82) is 0 Å². The van der Waals surface area contributed by atoms with Crippen molar-refractivity contribution in [3.63, 3.8) is 0 Å². The Morgan fingerprint density at radius 1 is 0.891 bits per heavy atom. The SMILES string of the molecule is CC(=O)c1ccc(N2C(=O)[C@H]3[C@H](CC=C4[C@H]3C[C@H]3C(=O)N(c5ccc(F)c(Cl)c5)C(=O)[C@@]3(C)[C@H]4c3cccc(F)c3O)C2=O)cc1. The van der Waals surface area contributed by atoms with E-state index in [1.54, 1.807) is 13.0 Å². The van der Waals surface area contributed by atoms with Crippen LogP contribution >= 0.6 is 11.6 Å². The fourth-order valence-electron chi connectivity index (χ4n) is 8.09. The number of carbonyl (C=O) groups is 5. The van der Waals surface area contributed by atoms with Gasteiger partial charge in [-0.05, 0) is 81.1 Å². The number of phenols is 1. The van der Waals surface area contributed by atoms with Gasteiger partial charge in [0.2, 0.25) is 23.6 Å². The Hall–Kier alpha value is -4.70. The standard InChI is InChI=1S/C35H27ClF2N2O6/c1-16(41)17-6-8-18(9-7-17)39-31(43)21-12-11-20-23(28(21)33(39)45)15-24-32(44)40(19-10-13-26(37)25(36)14-19)34(46)35(24,2)29(20)22-4-3-5-27(38)30(22)42/h3-11,13-14,21,23-24,28-29,42H,12,15H2,1-2H3/t21-,23+,24-,28-,29+,35+/m0/s1. The van der Waals surface area contributed by atoms with Crippen molar-refractivity contribution in [3.05, 3.63) is 100 Å². The summed E-state index contributed by atoms with van der Waals surface area (Å²) in [6.45, 7) is 3.00. The van der Waals surface area contributed by atoms with Crippen LogP contribution in [0.4, 0.5) is 20.2 Å². The van der Waals surface area contributed by atoms with E-state index in [1.165, 1.54) is 55.5 Å². The average molecular weight is 645 g/mol. The second-order valence-electron chi connectivity index (χ2n) is 12.6. The number of carbonyl (C=O) groups excluding carboxylic acids is 5. The van der Waals surface area contributed by atoms with Crippen LogP contribution in [0.2, 0.25) is 5.02 Å². The number of allylic oxidation sites excluding steroid dienone is 2. The maximum atomic E-state index is 14.9. The largest absolute Gasteiger partial charge is 0.505 e. The summed E-state index contributed by atoms with van der Waals surface area (Å²) >= 11 is 6.02. The number of imide groups is 2. The van der Waals surface area contributed by atoms with Crippen LogP contribution in [0, 0.1) is 40.7 Å². The van der Waals surface area contributed by atoms with Gasteiger partial charge in [-0.25, -0.2) is 13.7 Å². The third kappa shape index (κ3) is 4.05. The van der Waals surface area contributed by atoms with E-state index in [4.69, 9.17) is 11.6 Å². The molecule has 1 N–H and O–H groups in total. The van der Waals surface area contributed by atoms with E-state index in [0.717, 1.165) is 21.9 Å². The number of fused-ring (bicyclic) bond motifs is 4. The fourth-order valence-corrected chi connectivity index (χ4v) is 8.27. The molecule has 0 radical (unpaired) electrons. The van der Waals surface area contributed by atoms with Crippen LogP contribution in [0.5, 0.6) is 5.75 Å². The zero-order chi connectivity index (χ0) is 32.8. The fraction of sp³-hybridized carbons (Fsp3) is 0.286. The lowest BCUT2D eigenvalue weighted by Crippen LogP contribution is -2.49. The first-order valence-corrected chi connectivity index (χ1v) is 15.2. The molecule has 7 rings (SSSR count). The Morgan fingerprint density at radius 2 is 1.59 bits per heavy atom. The molecule has 3 aromatic carbocycles. The normalized spacial score (nSPS) is 28.6. The van der Waals surface area contributed by atoms with Crippen molar-refractivity contribution in [2.75, 3.05) is 9.80 Å². The Labute approximate surface area is 267 Å². The number of anilines is 2. The summed E-state index contributed by atoms with van der Waals surface area (Å²) < 4.78 is 28.9. The highest BCUT2D eigenvalue weighted by atomic mass is 35.5. The molecule has 1 saturated carbocycles. The van der Waals surface area contributed by atoms with Crippen LogP contribution in [0.15, 0.2) is 72.3 Å². The Morgan fingerprint density at radius 3 is 2.26 bits per heavy atom. The molecule has 2 aliphatic heterocycles. The van der Waals surface area contributed by atoms with Gasteiger partial charge in [-0.1, -0.05) is 35.4 Å². The summed E-state index contributed by atoms with van der Waals surface area (Å²) in [5.41, 5.74) is -0.105. The highest BCUT2D eigenvalue weighted by Crippen LogP contribution is 2.64. The molecule has 0 spiro atoms. The third-order valence-electron chi connectivity index (χ3n) is 10.3. The number of halogens is 3. The van der Waals surface area contributed by atoms with Crippen molar-refractivity contribution in [1.82, 2.24) is 0 Å². The van der Waals surface area contributed by atoms with Gasteiger partial charge in [0.1, 0.15) is 5.82 Å². The lowest BCUT2D eigenvalue weighted by atomic mass is 9.51. The van der Waals surface area contributed by atoms with Crippen molar-refractivity contribution in [2.24, 2.45) is 29.1 Å². The number of rotatable bonds is 4. The van der Waals surface area contributed by atoms with Gasteiger partial charge >= 0.3 is 0 Å². The molecule has 2 saturated heterocycles. The molecule has 6 atom stereocenters. The van der Waals surface area contributed by atoms with E-state index in [9.17, 15) is 37.9 Å². The highest BCUT2D eigenvalue weighted by molar-refractivity contribution is 6.32. The summed E-state index contributed by atoms with van der Waals surface area (Å²) in [4.78, 5) is 70.3. The molecule has 4 amide bonds. The molecule has 2 aliphatic carbocycles. The number of amides is 4. The highest BCUT2D eigenvalue weighted by Gasteiger charge is 2.68. The first-order valence-electron chi connectivity index (χ1n) is 14.9. The minimum absolute atomic E-state index is 0.0300. The lowest BCUT2D eigenvalue weighted by molar-refractivity contribution is -0.131. The summed E-state index contributed by atoms with van der Waals surface area (Å²) in [7, 11) is 0. The number of aromatic hydroxyl groups is 1. The number of hydrogen-bond acceptors (Lipinski definition) is 6. The van der Waals surface area contributed by atoms with E-state index in [1.807, 2.05) is 0 Å². The second kappa shape index (κ2) is 10.4. The molecule has 234 valence electrons. The van der Waals surface area contributed by atoms with Crippen LogP contribution in [0.25, 0.3) is 0 Å². The first-order chi connectivity index (χ1) is 21.9. The maximum Gasteiger partial charge on any atom is 0.241 e. The molecule has 46 heavy (non-hydrogen) atoms. The number of nitrogens with zero attached hydrogens (tertiary/aromatic N) is 2. The Kier molecular flexibility index (Phi) is 6.79. The van der Waals surface area contributed by atoms with E-state index >= 15 is 0 Å². The van der Waals surface area contributed by atoms with Crippen molar-refractivity contribution >= 4 is 52.4 Å². The second-order valence-corrected chi connectivity index (χ2v) is 13.0. The zero-order valence-corrected chi connectivity index (χ0v) is 25.4. The quantitative estimate of drug-likeness (QED) is 0.213. The molecule has 2 heterocycles. The van der Waals surface area contributed by atoms with Crippen LogP contribution in [-0.4, -0.2) is 34.5 Å². The van der Waals surface area contributed by atoms with Crippen LogP contribution < -0.4 is 9.80 Å². The minimum Gasteiger partial charge on any atom is -0.505 e. The smallest absolute Gasteiger partial charge is 0.241 e. The number of benzene rings is 3. The van der Waals surface area contributed by atoms with Crippen molar-refractivity contribution in [3.8, 4) is 5.75 Å². The summed E-state index contributed by atoms with van der Waals surface area (Å²) in [5.74, 6) is -9.05. The van der Waals surface area contributed by atoms with Crippen LogP contribution in [-0.2, 0) is 19.2 Å². The molecular formula is C35H27ClF2N2O6. The summed E-state index contributed by atoms with van der Waals surface area (Å²) in [6.07, 6.45) is 1.96. The number of para-hydroxylation sites is 1. The zero-order valence-electron chi connectivity index (χ0n) is 24.7. The molecular weight excluding hydrogens is 618 g/mol. The van der Waals surface area contributed by atoms with Crippen molar-refractivity contribution in [2.45, 2.75) is 32.6 Å². The monoisotopic (exact) mass is 644 g/mol. The lowest BCUT2D eigenvalue weighted by Gasteiger charge is -2.49. The topological polar surface area (TPSA) is 112 Å². The number of ketones is 1. The molecule has 0 aromatic heterocycles. The van der Waals surface area contributed by atoms with Gasteiger partial charge in [0, 0.05) is 17.0 Å². The number of hydrogen-bond donors (Lipinski definition) is 1. The Bertz CT molecular complexity index is 1930. The molecule has 11 heteroatoms. The molecule has 0 bridgehead atoms. The third-order valence-corrected chi connectivity index (χ3v) is 10.6. The summed E-state index contributed by atoms with van der Waals surface area (Å²) in [5, 5.41) is 10.7. The number of phenolic OH excluding ortho intramolecular Hbond substituents is 1. The average Bonchev–Trinajstić information content (AvgIpc) is 3.40. The molecule has 3 fully saturated rings. The van der Waals surface area contributed by atoms with Crippen LogP contribution in [0.3, 0.4) is 0 Å². The molecule has 4 aliphatic rings. The Balaban J connectivity index is 1.36. The van der Waals surface area contributed by atoms with Gasteiger partial charge in [0.05, 0.1) is 39.6 Å².